The van der Waals surface area contributed by atoms with Crippen molar-refractivity contribution in [1.82, 2.24) is 15.1 Å². The average molecular weight is 367 g/mol. The summed E-state index contributed by atoms with van der Waals surface area (Å²) in [5.74, 6) is 1.82. The van der Waals surface area contributed by atoms with Crippen molar-refractivity contribution in [3.05, 3.63) is 59.7 Å². The van der Waals surface area contributed by atoms with Gasteiger partial charge in [0.1, 0.15) is 0 Å². The molecule has 0 saturated carbocycles. The van der Waals surface area contributed by atoms with Gasteiger partial charge in [-0.3, -0.25) is 9.69 Å². The van der Waals surface area contributed by atoms with Crippen LogP contribution in [-0.4, -0.2) is 55.2 Å². The van der Waals surface area contributed by atoms with E-state index in [-0.39, 0.29) is 5.91 Å². The molecule has 4 rings (SSSR count). The van der Waals surface area contributed by atoms with Crippen molar-refractivity contribution in [3.63, 3.8) is 0 Å². The molecule has 0 spiro atoms. The van der Waals surface area contributed by atoms with Crippen LogP contribution >= 0.6 is 0 Å². The standard InChI is InChI=1S/C21H25N3O3/c25-21(14-22-13-17-4-2-1-3-5-17)24-10-8-23(9-11-24)15-18-6-7-19-20(12-18)27-16-26-19/h1-7,12,22H,8-11,13-16H2. The van der Waals surface area contributed by atoms with Crippen LogP contribution < -0.4 is 14.8 Å². The molecule has 1 saturated heterocycles. The molecule has 2 aliphatic rings. The topological polar surface area (TPSA) is 54.0 Å². The lowest BCUT2D eigenvalue weighted by Gasteiger charge is -2.34. The summed E-state index contributed by atoms with van der Waals surface area (Å²) >= 11 is 0. The Balaban J connectivity index is 1.20. The first-order chi connectivity index (χ1) is 13.3. The highest BCUT2D eigenvalue weighted by Gasteiger charge is 2.21. The predicted molar refractivity (Wildman–Crippen MR) is 103 cm³/mol. The van der Waals surface area contributed by atoms with Crippen LogP contribution in [0.3, 0.4) is 0 Å². The van der Waals surface area contributed by atoms with Crippen molar-refractivity contribution >= 4 is 5.91 Å². The Labute approximate surface area is 159 Å². The lowest BCUT2D eigenvalue weighted by atomic mass is 10.1. The van der Waals surface area contributed by atoms with E-state index >= 15 is 0 Å². The number of hydrogen-bond acceptors (Lipinski definition) is 5. The van der Waals surface area contributed by atoms with Crippen molar-refractivity contribution in [2.45, 2.75) is 13.1 Å². The normalized spacial score (nSPS) is 16.5. The van der Waals surface area contributed by atoms with Gasteiger partial charge in [0.05, 0.1) is 6.54 Å². The number of nitrogens with one attached hydrogen (secondary N) is 1. The van der Waals surface area contributed by atoms with Crippen LogP contribution in [0.5, 0.6) is 11.5 Å². The number of nitrogens with zero attached hydrogens (tertiary/aromatic N) is 2. The number of fused-ring (bicyclic) bond motifs is 1. The number of ether oxygens (including phenoxy) is 2. The van der Waals surface area contributed by atoms with Gasteiger partial charge in [-0.15, -0.1) is 0 Å². The molecule has 2 aromatic rings. The molecule has 6 nitrogen and oxygen atoms in total. The monoisotopic (exact) mass is 367 g/mol. The highest BCUT2D eigenvalue weighted by Crippen LogP contribution is 2.32. The second-order valence-electron chi connectivity index (χ2n) is 6.93. The zero-order valence-electron chi connectivity index (χ0n) is 15.4. The smallest absolute Gasteiger partial charge is 0.236 e. The summed E-state index contributed by atoms with van der Waals surface area (Å²) in [5, 5.41) is 3.24. The molecule has 0 bridgehead atoms. The summed E-state index contributed by atoms with van der Waals surface area (Å²) in [4.78, 5) is 16.7. The highest BCUT2D eigenvalue weighted by atomic mass is 16.7. The number of amides is 1. The van der Waals surface area contributed by atoms with Crippen molar-refractivity contribution in [1.29, 1.82) is 0 Å². The van der Waals surface area contributed by atoms with Gasteiger partial charge in [0.25, 0.3) is 0 Å². The summed E-state index contributed by atoms with van der Waals surface area (Å²) in [6.45, 7) is 5.60. The Morgan fingerprint density at radius 2 is 1.70 bits per heavy atom. The Kier molecular flexibility index (Phi) is 5.55. The first-order valence-electron chi connectivity index (χ1n) is 9.41. The Morgan fingerprint density at radius 3 is 2.52 bits per heavy atom. The van der Waals surface area contributed by atoms with Gasteiger partial charge in [0, 0.05) is 39.3 Å². The number of hydrogen-bond donors (Lipinski definition) is 1. The first-order valence-corrected chi connectivity index (χ1v) is 9.41. The Hall–Kier alpha value is -2.57. The maximum absolute atomic E-state index is 12.4. The fourth-order valence-electron chi connectivity index (χ4n) is 3.47. The third-order valence-electron chi connectivity index (χ3n) is 5.02. The summed E-state index contributed by atoms with van der Waals surface area (Å²) in [6, 6.07) is 16.2. The minimum Gasteiger partial charge on any atom is -0.454 e. The number of carbonyl (C=O) groups is 1. The molecule has 0 atom stereocenters. The molecule has 2 aliphatic heterocycles. The van der Waals surface area contributed by atoms with E-state index < -0.39 is 0 Å². The maximum Gasteiger partial charge on any atom is 0.236 e. The molecule has 1 amide bonds. The van der Waals surface area contributed by atoms with E-state index in [0.29, 0.717) is 13.3 Å². The molecule has 1 fully saturated rings. The molecule has 0 aromatic heterocycles. The van der Waals surface area contributed by atoms with E-state index in [2.05, 4.69) is 28.4 Å². The van der Waals surface area contributed by atoms with Crippen LogP contribution in [-0.2, 0) is 17.9 Å². The summed E-state index contributed by atoms with van der Waals surface area (Å²) in [7, 11) is 0. The predicted octanol–water partition coefficient (Wildman–Crippen LogP) is 1.85. The van der Waals surface area contributed by atoms with Crippen LogP contribution in [0.25, 0.3) is 0 Å². The van der Waals surface area contributed by atoms with Gasteiger partial charge < -0.3 is 19.7 Å². The molecule has 2 aromatic carbocycles. The van der Waals surface area contributed by atoms with Crippen molar-refractivity contribution in [2.75, 3.05) is 39.5 Å². The summed E-state index contributed by atoms with van der Waals surface area (Å²) < 4.78 is 10.8. The van der Waals surface area contributed by atoms with E-state index in [4.69, 9.17) is 9.47 Å². The van der Waals surface area contributed by atoms with E-state index in [1.165, 1.54) is 11.1 Å². The first kappa shape index (κ1) is 17.8. The van der Waals surface area contributed by atoms with Crippen LogP contribution in [0.2, 0.25) is 0 Å². The van der Waals surface area contributed by atoms with E-state index in [9.17, 15) is 4.79 Å². The molecule has 0 aliphatic carbocycles. The van der Waals surface area contributed by atoms with Gasteiger partial charge in [-0.1, -0.05) is 36.4 Å². The zero-order chi connectivity index (χ0) is 18.5. The van der Waals surface area contributed by atoms with Crippen LogP contribution in [0.1, 0.15) is 11.1 Å². The van der Waals surface area contributed by atoms with Crippen molar-refractivity contribution in [2.24, 2.45) is 0 Å². The number of piperazine rings is 1. The second-order valence-corrected chi connectivity index (χ2v) is 6.93. The second kappa shape index (κ2) is 8.41. The Bertz CT molecular complexity index is 773. The summed E-state index contributed by atoms with van der Waals surface area (Å²) in [6.07, 6.45) is 0. The molecule has 1 N–H and O–H groups in total. The molecule has 0 radical (unpaired) electrons. The highest BCUT2D eigenvalue weighted by molar-refractivity contribution is 5.78. The third kappa shape index (κ3) is 4.59. The number of rotatable bonds is 6. The van der Waals surface area contributed by atoms with Gasteiger partial charge in [0.15, 0.2) is 11.5 Å². The van der Waals surface area contributed by atoms with Crippen LogP contribution in [0, 0.1) is 0 Å². The Morgan fingerprint density at radius 1 is 0.926 bits per heavy atom. The van der Waals surface area contributed by atoms with Crippen molar-refractivity contribution < 1.29 is 14.3 Å². The van der Waals surface area contributed by atoms with E-state index in [1.807, 2.05) is 35.2 Å². The van der Waals surface area contributed by atoms with Gasteiger partial charge in [0.2, 0.25) is 12.7 Å². The quantitative estimate of drug-likeness (QED) is 0.845. The minimum absolute atomic E-state index is 0.175. The SMILES string of the molecule is O=C(CNCc1ccccc1)N1CCN(Cc2ccc3c(c2)OCO3)CC1. The van der Waals surface area contributed by atoms with Crippen molar-refractivity contribution in [3.8, 4) is 11.5 Å². The molecule has 6 heteroatoms. The largest absolute Gasteiger partial charge is 0.454 e. The van der Waals surface area contributed by atoms with Gasteiger partial charge in [-0.05, 0) is 23.3 Å². The fourth-order valence-corrected chi connectivity index (χ4v) is 3.47. The zero-order valence-corrected chi connectivity index (χ0v) is 15.4. The lowest BCUT2D eigenvalue weighted by molar-refractivity contribution is -0.132. The van der Waals surface area contributed by atoms with E-state index in [1.54, 1.807) is 0 Å². The molecule has 0 unspecified atom stereocenters. The van der Waals surface area contributed by atoms with Gasteiger partial charge in [-0.25, -0.2) is 0 Å². The third-order valence-corrected chi connectivity index (χ3v) is 5.02. The molecule has 2 heterocycles. The number of carbonyl (C=O) groups excluding carboxylic acids is 1. The summed E-state index contributed by atoms with van der Waals surface area (Å²) in [5.41, 5.74) is 2.40. The molecular weight excluding hydrogens is 342 g/mol. The maximum atomic E-state index is 12.4. The van der Waals surface area contributed by atoms with Crippen LogP contribution in [0.15, 0.2) is 48.5 Å². The molecular formula is C21H25N3O3. The van der Waals surface area contributed by atoms with Crippen LogP contribution in [0.4, 0.5) is 0 Å². The lowest BCUT2D eigenvalue weighted by Crippen LogP contribution is -2.50. The fraction of sp³-hybridized carbons (Fsp3) is 0.381. The molecule has 142 valence electrons. The van der Waals surface area contributed by atoms with E-state index in [0.717, 1.165) is 50.8 Å². The minimum atomic E-state index is 0.175. The van der Waals surface area contributed by atoms with Gasteiger partial charge in [-0.2, -0.15) is 0 Å². The average Bonchev–Trinajstić information content (AvgIpc) is 3.17. The van der Waals surface area contributed by atoms with Gasteiger partial charge >= 0.3 is 0 Å². The number of benzene rings is 2. The molecule has 27 heavy (non-hydrogen) atoms.